The summed E-state index contributed by atoms with van der Waals surface area (Å²) in [4.78, 5) is 4.94. The van der Waals surface area contributed by atoms with Gasteiger partial charge in [-0.3, -0.25) is 9.67 Å². The topological polar surface area (TPSA) is 30.7 Å². The van der Waals surface area contributed by atoms with Crippen LogP contribution in [0.4, 0.5) is 0 Å². The van der Waals surface area contributed by atoms with Crippen molar-refractivity contribution in [2.75, 3.05) is 0 Å². The van der Waals surface area contributed by atoms with E-state index in [1.54, 1.807) is 0 Å². The number of aryl methyl sites for hydroxylation is 2. The van der Waals surface area contributed by atoms with E-state index in [4.69, 9.17) is 10.1 Å². The first kappa shape index (κ1) is 18.1. The summed E-state index contributed by atoms with van der Waals surface area (Å²) in [5, 5.41) is 6.36. The van der Waals surface area contributed by atoms with Crippen molar-refractivity contribution in [3.05, 3.63) is 107 Å². The van der Waals surface area contributed by atoms with Crippen molar-refractivity contribution >= 4 is 10.9 Å². The normalized spacial score (nSPS) is 15.0. The molecule has 0 fully saturated rings. The SMILES string of the molecule is Cc1cccc(C2Cc3c(c(C)nc4ccccc34)-c3cc(-c4ccccc4)nn32)c1. The minimum atomic E-state index is 0.157. The van der Waals surface area contributed by atoms with Crippen molar-refractivity contribution in [3.63, 3.8) is 0 Å². The van der Waals surface area contributed by atoms with Gasteiger partial charge >= 0.3 is 0 Å². The lowest BCUT2D eigenvalue weighted by Gasteiger charge is -2.29. The van der Waals surface area contributed by atoms with Crippen LogP contribution in [0, 0.1) is 13.8 Å². The highest BCUT2D eigenvalue weighted by atomic mass is 15.3. The third-order valence-electron chi connectivity index (χ3n) is 6.36. The number of benzene rings is 3. The fraction of sp³-hybridized carbons (Fsp3) is 0.143. The molecular formula is C28H23N3. The molecule has 6 rings (SSSR count). The highest BCUT2D eigenvalue weighted by Crippen LogP contribution is 2.43. The smallest absolute Gasteiger partial charge is 0.0930 e. The molecule has 0 radical (unpaired) electrons. The standard InChI is InChI=1S/C28H23N3/c1-18-9-8-12-21(15-18)26-16-23-22-13-6-7-14-24(22)29-19(2)28(23)27-17-25(30-31(26)27)20-10-4-3-5-11-20/h3-15,17,26H,16H2,1-2H3. The zero-order valence-corrected chi connectivity index (χ0v) is 17.7. The van der Waals surface area contributed by atoms with Gasteiger partial charge in [0.25, 0.3) is 0 Å². The van der Waals surface area contributed by atoms with Crippen molar-refractivity contribution < 1.29 is 0 Å². The zero-order valence-electron chi connectivity index (χ0n) is 17.7. The lowest BCUT2D eigenvalue weighted by molar-refractivity contribution is 0.516. The Hall–Kier alpha value is -3.72. The molecule has 0 bridgehead atoms. The highest BCUT2D eigenvalue weighted by molar-refractivity contribution is 5.90. The van der Waals surface area contributed by atoms with Crippen molar-refractivity contribution in [2.24, 2.45) is 0 Å². The number of hydrogen-bond donors (Lipinski definition) is 0. The average Bonchev–Trinajstić information content (AvgIpc) is 3.24. The van der Waals surface area contributed by atoms with E-state index in [0.29, 0.717) is 0 Å². The molecule has 2 aromatic heterocycles. The third kappa shape index (κ3) is 2.89. The number of hydrogen-bond acceptors (Lipinski definition) is 2. The van der Waals surface area contributed by atoms with E-state index in [1.807, 2.05) is 6.07 Å². The predicted molar refractivity (Wildman–Crippen MR) is 126 cm³/mol. The van der Waals surface area contributed by atoms with Gasteiger partial charge in [0.15, 0.2) is 0 Å². The summed E-state index contributed by atoms with van der Waals surface area (Å²) in [7, 11) is 0. The first-order valence-corrected chi connectivity index (χ1v) is 10.8. The van der Waals surface area contributed by atoms with Crippen molar-refractivity contribution in [2.45, 2.75) is 26.3 Å². The Bertz CT molecular complexity index is 1430. The first-order chi connectivity index (χ1) is 15.2. The van der Waals surface area contributed by atoms with E-state index in [0.717, 1.165) is 34.6 Å². The van der Waals surface area contributed by atoms with Crippen LogP contribution < -0.4 is 0 Å². The van der Waals surface area contributed by atoms with Gasteiger partial charge < -0.3 is 0 Å². The summed E-state index contributed by atoms with van der Waals surface area (Å²) in [6, 6.07) is 30.2. The molecule has 0 spiro atoms. The largest absolute Gasteiger partial charge is 0.256 e. The van der Waals surface area contributed by atoms with Gasteiger partial charge in [-0.25, -0.2) is 0 Å². The van der Waals surface area contributed by atoms with Gasteiger partial charge in [-0.05, 0) is 37.1 Å². The molecule has 0 saturated heterocycles. The molecule has 0 N–H and O–H groups in total. The van der Waals surface area contributed by atoms with Crippen molar-refractivity contribution in [3.8, 4) is 22.5 Å². The maximum absolute atomic E-state index is 5.12. The van der Waals surface area contributed by atoms with Crippen molar-refractivity contribution in [1.29, 1.82) is 0 Å². The monoisotopic (exact) mass is 401 g/mol. The van der Waals surface area contributed by atoms with Gasteiger partial charge in [0.2, 0.25) is 0 Å². The van der Waals surface area contributed by atoms with E-state index in [2.05, 4.69) is 97.4 Å². The summed E-state index contributed by atoms with van der Waals surface area (Å²) in [5.41, 5.74) is 10.6. The fourth-order valence-corrected chi connectivity index (χ4v) is 4.95. The Labute approximate surface area is 182 Å². The second-order valence-electron chi connectivity index (χ2n) is 8.43. The average molecular weight is 402 g/mol. The van der Waals surface area contributed by atoms with Crippen LogP contribution in [0.5, 0.6) is 0 Å². The minimum Gasteiger partial charge on any atom is -0.256 e. The van der Waals surface area contributed by atoms with Gasteiger partial charge in [-0.15, -0.1) is 0 Å². The molecule has 1 aliphatic heterocycles. The van der Waals surface area contributed by atoms with E-state index in [-0.39, 0.29) is 6.04 Å². The molecule has 1 atom stereocenters. The van der Waals surface area contributed by atoms with Crippen LogP contribution >= 0.6 is 0 Å². The second-order valence-corrected chi connectivity index (χ2v) is 8.43. The maximum Gasteiger partial charge on any atom is 0.0930 e. The number of rotatable bonds is 2. The Morgan fingerprint density at radius 3 is 2.48 bits per heavy atom. The summed E-state index contributed by atoms with van der Waals surface area (Å²) < 4.78 is 2.23. The van der Waals surface area contributed by atoms with E-state index < -0.39 is 0 Å². The van der Waals surface area contributed by atoms with Gasteiger partial charge in [0.1, 0.15) is 0 Å². The van der Waals surface area contributed by atoms with Crippen LogP contribution in [-0.4, -0.2) is 14.8 Å². The molecule has 150 valence electrons. The lowest BCUT2D eigenvalue weighted by atomic mass is 9.87. The summed E-state index contributed by atoms with van der Waals surface area (Å²) in [6.07, 6.45) is 0.908. The number of para-hydroxylation sites is 1. The van der Waals surface area contributed by atoms with Crippen LogP contribution in [0.3, 0.4) is 0 Å². The zero-order chi connectivity index (χ0) is 20.9. The quantitative estimate of drug-likeness (QED) is 0.337. The molecule has 3 heterocycles. The fourth-order valence-electron chi connectivity index (χ4n) is 4.95. The van der Waals surface area contributed by atoms with Crippen LogP contribution in [-0.2, 0) is 6.42 Å². The molecule has 31 heavy (non-hydrogen) atoms. The molecule has 3 aromatic carbocycles. The minimum absolute atomic E-state index is 0.157. The molecule has 0 aliphatic carbocycles. The molecule has 3 nitrogen and oxygen atoms in total. The number of pyridine rings is 1. The summed E-state index contributed by atoms with van der Waals surface area (Å²) in [6.45, 7) is 4.28. The van der Waals surface area contributed by atoms with E-state index in [1.165, 1.54) is 27.6 Å². The first-order valence-electron chi connectivity index (χ1n) is 10.8. The molecule has 3 heteroatoms. The number of aromatic nitrogens is 3. The molecule has 1 unspecified atom stereocenters. The van der Waals surface area contributed by atoms with Crippen LogP contribution in [0.15, 0.2) is 84.9 Å². The van der Waals surface area contributed by atoms with Gasteiger partial charge in [0, 0.05) is 28.6 Å². The Morgan fingerprint density at radius 1 is 0.839 bits per heavy atom. The predicted octanol–water partition coefficient (Wildman–Crippen LogP) is 6.53. The number of nitrogens with zero attached hydrogens (tertiary/aromatic N) is 3. The van der Waals surface area contributed by atoms with E-state index >= 15 is 0 Å². The van der Waals surface area contributed by atoms with Gasteiger partial charge in [0.05, 0.1) is 22.9 Å². The van der Waals surface area contributed by atoms with Gasteiger partial charge in [-0.1, -0.05) is 78.4 Å². The van der Waals surface area contributed by atoms with Crippen LogP contribution in [0.2, 0.25) is 0 Å². The van der Waals surface area contributed by atoms with Crippen LogP contribution in [0.25, 0.3) is 33.4 Å². The van der Waals surface area contributed by atoms with Gasteiger partial charge in [-0.2, -0.15) is 5.10 Å². The Balaban J connectivity index is 1.65. The maximum atomic E-state index is 5.12. The van der Waals surface area contributed by atoms with E-state index in [9.17, 15) is 0 Å². The Morgan fingerprint density at radius 2 is 1.65 bits per heavy atom. The molecule has 0 amide bonds. The van der Waals surface area contributed by atoms with Crippen molar-refractivity contribution in [1.82, 2.24) is 14.8 Å². The molecule has 0 saturated carbocycles. The van der Waals surface area contributed by atoms with Crippen LogP contribution in [0.1, 0.15) is 28.4 Å². The molecule has 1 aliphatic rings. The number of fused-ring (bicyclic) bond motifs is 5. The second kappa shape index (κ2) is 6.92. The third-order valence-corrected chi connectivity index (χ3v) is 6.36. The highest BCUT2D eigenvalue weighted by Gasteiger charge is 2.30. The lowest BCUT2D eigenvalue weighted by Crippen LogP contribution is -2.22. The molecule has 5 aromatic rings. The molecular weight excluding hydrogens is 378 g/mol. The summed E-state index contributed by atoms with van der Waals surface area (Å²) >= 11 is 0. The Kier molecular flexibility index (Phi) is 4.03. The summed E-state index contributed by atoms with van der Waals surface area (Å²) in [5.74, 6) is 0.